The molecule has 0 amide bonds. The molecule has 5 nitrogen and oxygen atoms in total. The summed E-state index contributed by atoms with van der Waals surface area (Å²) >= 11 is 0. The molecule has 0 heterocycles. The number of Topliss-reactive ketones (excluding diaryl/α,β-unsaturated/α-hetero) is 1. The molecule has 0 saturated heterocycles. The summed E-state index contributed by atoms with van der Waals surface area (Å²) in [5.74, 6) is -0.0245. The summed E-state index contributed by atoms with van der Waals surface area (Å²) in [5.41, 5.74) is 1.10. The molecule has 0 unspecified atom stereocenters. The first-order chi connectivity index (χ1) is 9.71. The number of nitriles is 2. The van der Waals surface area contributed by atoms with Crippen LogP contribution in [0.1, 0.15) is 22.3 Å². The number of hydrogen-bond acceptors (Lipinski definition) is 5. The van der Waals surface area contributed by atoms with Crippen molar-refractivity contribution in [3.8, 4) is 12.1 Å². The molecule has 0 aromatic heterocycles. The van der Waals surface area contributed by atoms with E-state index < -0.39 is 0 Å². The van der Waals surface area contributed by atoms with E-state index in [1.165, 1.54) is 0 Å². The number of nitrogens with zero attached hydrogens (tertiary/aromatic N) is 3. The third kappa shape index (κ3) is 5.19. The summed E-state index contributed by atoms with van der Waals surface area (Å²) < 4.78 is 5.00. The van der Waals surface area contributed by atoms with Crippen LogP contribution in [0, 0.1) is 22.7 Å². The Morgan fingerprint density at radius 2 is 1.95 bits per heavy atom. The lowest BCUT2D eigenvalue weighted by molar-refractivity contribution is 0.0898. The molecule has 0 bridgehead atoms. The van der Waals surface area contributed by atoms with Gasteiger partial charge in [0.15, 0.2) is 5.78 Å². The molecule has 20 heavy (non-hydrogen) atoms. The summed E-state index contributed by atoms with van der Waals surface area (Å²) in [6.45, 7) is 1.92. The maximum atomic E-state index is 12.1. The zero-order valence-corrected chi connectivity index (χ0v) is 11.5. The fourth-order valence-corrected chi connectivity index (χ4v) is 1.72. The van der Waals surface area contributed by atoms with Gasteiger partial charge in [0.05, 0.1) is 30.9 Å². The Morgan fingerprint density at radius 3 is 2.50 bits per heavy atom. The summed E-state index contributed by atoms with van der Waals surface area (Å²) in [6.07, 6.45) is 0.379. The zero-order valence-electron chi connectivity index (χ0n) is 11.5. The van der Waals surface area contributed by atoms with Gasteiger partial charge in [-0.2, -0.15) is 10.5 Å². The van der Waals surface area contributed by atoms with Crippen LogP contribution in [0.3, 0.4) is 0 Å². The van der Waals surface area contributed by atoms with Crippen LogP contribution in [0.2, 0.25) is 0 Å². The largest absolute Gasteiger partial charge is 0.383 e. The van der Waals surface area contributed by atoms with Crippen LogP contribution in [0.25, 0.3) is 0 Å². The van der Waals surface area contributed by atoms with Crippen molar-refractivity contribution < 1.29 is 9.53 Å². The molecule has 0 fully saturated rings. The normalized spacial score (nSPS) is 10.0. The second kappa shape index (κ2) is 8.82. The van der Waals surface area contributed by atoms with Gasteiger partial charge in [-0.3, -0.25) is 9.69 Å². The number of ketones is 1. The van der Waals surface area contributed by atoms with Crippen molar-refractivity contribution in [2.45, 2.75) is 6.42 Å². The van der Waals surface area contributed by atoms with Crippen molar-refractivity contribution in [1.82, 2.24) is 4.90 Å². The standard InChI is InChI=1S/C15H17N3O2/c1-20-10-9-18(8-2-7-16)12-15(19)14-5-3-13(11-17)4-6-14/h3-6H,2,8-10,12H2,1H3. The molecular formula is C15H17N3O2. The van der Waals surface area contributed by atoms with Crippen LogP contribution in [0.15, 0.2) is 24.3 Å². The molecule has 0 spiro atoms. The van der Waals surface area contributed by atoms with E-state index in [1.807, 2.05) is 11.0 Å². The van der Waals surface area contributed by atoms with E-state index in [2.05, 4.69) is 6.07 Å². The van der Waals surface area contributed by atoms with Crippen LogP contribution in [0.4, 0.5) is 0 Å². The minimum absolute atomic E-state index is 0.0245. The molecule has 0 aliphatic carbocycles. The number of benzene rings is 1. The summed E-state index contributed by atoms with van der Waals surface area (Å²) in [5, 5.41) is 17.3. The Morgan fingerprint density at radius 1 is 1.25 bits per heavy atom. The quantitative estimate of drug-likeness (QED) is 0.671. The predicted octanol–water partition coefficient (Wildman–Crippen LogP) is 1.60. The number of hydrogen-bond donors (Lipinski definition) is 0. The number of rotatable bonds is 8. The maximum Gasteiger partial charge on any atom is 0.176 e. The second-order valence-electron chi connectivity index (χ2n) is 4.29. The van der Waals surface area contributed by atoms with Crippen molar-refractivity contribution in [3.63, 3.8) is 0 Å². The fraction of sp³-hybridized carbons (Fsp3) is 0.400. The summed E-state index contributed by atoms with van der Waals surface area (Å²) in [4.78, 5) is 14.0. The highest BCUT2D eigenvalue weighted by Crippen LogP contribution is 2.06. The topological polar surface area (TPSA) is 77.1 Å². The van der Waals surface area contributed by atoms with E-state index in [4.69, 9.17) is 15.3 Å². The Labute approximate surface area is 119 Å². The number of methoxy groups -OCH3 is 1. The van der Waals surface area contributed by atoms with Gasteiger partial charge in [-0.25, -0.2) is 0 Å². The number of carbonyl (C=O) groups is 1. The Hall–Kier alpha value is -2.21. The van der Waals surface area contributed by atoms with Crippen molar-refractivity contribution in [2.24, 2.45) is 0 Å². The minimum Gasteiger partial charge on any atom is -0.383 e. The summed E-state index contributed by atoms with van der Waals surface area (Å²) in [6, 6.07) is 10.6. The molecule has 0 radical (unpaired) electrons. The van der Waals surface area contributed by atoms with E-state index in [0.29, 0.717) is 37.2 Å². The smallest absolute Gasteiger partial charge is 0.176 e. The SMILES string of the molecule is COCCN(CCC#N)CC(=O)c1ccc(C#N)cc1. The predicted molar refractivity (Wildman–Crippen MR) is 74.0 cm³/mol. The summed E-state index contributed by atoms with van der Waals surface area (Å²) in [7, 11) is 1.60. The monoisotopic (exact) mass is 271 g/mol. The van der Waals surface area contributed by atoms with E-state index in [0.717, 1.165) is 0 Å². The van der Waals surface area contributed by atoms with Gasteiger partial charge in [0, 0.05) is 32.2 Å². The Bertz CT molecular complexity index is 511. The molecule has 0 atom stereocenters. The van der Waals surface area contributed by atoms with E-state index in [9.17, 15) is 4.79 Å². The lowest BCUT2D eigenvalue weighted by atomic mass is 10.1. The highest BCUT2D eigenvalue weighted by Gasteiger charge is 2.12. The molecule has 0 saturated carbocycles. The maximum absolute atomic E-state index is 12.1. The van der Waals surface area contributed by atoms with Crippen LogP contribution in [0.5, 0.6) is 0 Å². The van der Waals surface area contributed by atoms with Gasteiger partial charge in [0.1, 0.15) is 0 Å². The Kier molecular flexibility index (Phi) is 6.99. The first-order valence-corrected chi connectivity index (χ1v) is 6.33. The molecule has 0 aliphatic rings. The zero-order chi connectivity index (χ0) is 14.8. The molecule has 1 aromatic rings. The van der Waals surface area contributed by atoms with Crippen molar-refractivity contribution in [3.05, 3.63) is 35.4 Å². The first kappa shape index (κ1) is 15.8. The van der Waals surface area contributed by atoms with E-state index >= 15 is 0 Å². The third-order valence-corrected chi connectivity index (χ3v) is 2.85. The van der Waals surface area contributed by atoms with Gasteiger partial charge in [-0.1, -0.05) is 12.1 Å². The van der Waals surface area contributed by atoms with Crippen molar-refractivity contribution in [2.75, 3.05) is 33.4 Å². The Balaban J connectivity index is 2.63. The van der Waals surface area contributed by atoms with Crippen molar-refractivity contribution in [1.29, 1.82) is 10.5 Å². The van der Waals surface area contributed by atoms with E-state index in [-0.39, 0.29) is 12.3 Å². The lowest BCUT2D eigenvalue weighted by Gasteiger charge is -2.19. The van der Waals surface area contributed by atoms with Gasteiger partial charge in [0.25, 0.3) is 0 Å². The molecule has 5 heteroatoms. The fourth-order valence-electron chi connectivity index (χ4n) is 1.72. The van der Waals surface area contributed by atoms with Crippen LogP contribution >= 0.6 is 0 Å². The third-order valence-electron chi connectivity index (χ3n) is 2.85. The number of ether oxygens (including phenoxy) is 1. The van der Waals surface area contributed by atoms with Gasteiger partial charge in [-0.05, 0) is 12.1 Å². The molecular weight excluding hydrogens is 254 g/mol. The van der Waals surface area contributed by atoms with Gasteiger partial charge < -0.3 is 4.74 Å². The average molecular weight is 271 g/mol. The van der Waals surface area contributed by atoms with Gasteiger partial charge in [0.2, 0.25) is 0 Å². The van der Waals surface area contributed by atoms with Gasteiger partial charge in [-0.15, -0.1) is 0 Å². The molecule has 1 rings (SSSR count). The van der Waals surface area contributed by atoms with Gasteiger partial charge >= 0.3 is 0 Å². The highest BCUT2D eigenvalue weighted by atomic mass is 16.5. The molecule has 1 aromatic carbocycles. The number of carbonyl (C=O) groups excluding carboxylic acids is 1. The molecule has 104 valence electrons. The highest BCUT2D eigenvalue weighted by molar-refractivity contribution is 5.97. The van der Waals surface area contributed by atoms with Crippen molar-refractivity contribution >= 4 is 5.78 Å². The van der Waals surface area contributed by atoms with E-state index in [1.54, 1.807) is 31.4 Å². The van der Waals surface area contributed by atoms with Crippen LogP contribution in [-0.2, 0) is 4.74 Å². The average Bonchev–Trinajstić information content (AvgIpc) is 2.49. The second-order valence-corrected chi connectivity index (χ2v) is 4.29. The first-order valence-electron chi connectivity index (χ1n) is 6.33. The minimum atomic E-state index is -0.0245. The van der Waals surface area contributed by atoms with Crippen LogP contribution < -0.4 is 0 Å². The lowest BCUT2D eigenvalue weighted by Crippen LogP contribution is -2.33. The molecule has 0 N–H and O–H groups in total. The molecule has 0 aliphatic heterocycles. The van der Waals surface area contributed by atoms with Crippen LogP contribution in [-0.4, -0.2) is 44.0 Å².